The molecule has 1 aliphatic rings. The average Bonchev–Trinajstić information content (AvgIpc) is 3.26. The van der Waals surface area contributed by atoms with Crippen LogP contribution in [0.25, 0.3) is 16.8 Å². The van der Waals surface area contributed by atoms with Crippen LogP contribution in [0.15, 0.2) is 59.7 Å². The van der Waals surface area contributed by atoms with Gasteiger partial charge in [0.25, 0.3) is 0 Å². The van der Waals surface area contributed by atoms with Gasteiger partial charge in [0.15, 0.2) is 0 Å². The number of thiazole rings is 1. The summed E-state index contributed by atoms with van der Waals surface area (Å²) >= 11 is 1.22. The van der Waals surface area contributed by atoms with E-state index in [1.807, 2.05) is 0 Å². The molecule has 0 spiro atoms. The lowest BCUT2D eigenvalue weighted by molar-refractivity contribution is -0.137. The van der Waals surface area contributed by atoms with E-state index in [9.17, 15) is 22.7 Å². The highest BCUT2D eigenvalue weighted by molar-refractivity contribution is 7.11. The smallest absolute Gasteiger partial charge is 0.416 e. The van der Waals surface area contributed by atoms with Gasteiger partial charge in [0.2, 0.25) is 0 Å². The maximum atomic E-state index is 13.1. The van der Waals surface area contributed by atoms with Crippen molar-refractivity contribution in [2.24, 2.45) is 0 Å². The molecule has 2 aromatic carbocycles. The number of hydrogen-bond donors (Lipinski definition) is 2. The Balaban J connectivity index is 1.59. The van der Waals surface area contributed by atoms with Gasteiger partial charge in [-0.25, -0.2) is 9.37 Å². The first-order valence-electron chi connectivity index (χ1n) is 8.41. The number of halogens is 4. The van der Waals surface area contributed by atoms with Crippen molar-refractivity contribution in [1.29, 1.82) is 5.41 Å². The lowest BCUT2D eigenvalue weighted by Crippen LogP contribution is -2.26. The molecule has 4 nitrogen and oxygen atoms in total. The van der Waals surface area contributed by atoms with Gasteiger partial charge in [-0.15, -0.1) is 11.3 Å². The second-order valence-electron chi connectivity index (χ2n) is 6.35. The minimum atomic E-state index is -4.44. The van der Waals surface area contributed by atoms with Gasteiger partial charge < -0.3 is 10.0 Å². The number of alkyl halides is 3. The summed E-state index contributed by atoms with van der Waals surface area (Å²) in [5.74, 6) is -0.508. The SMILES string of the molecule is N=C1C(c2nc(-c3ccc(F)cc3)cs2)=C(O)CN1c1ccc(C(F)(F)F)cc1. The van der Waals surface area contributed by atoms with E-state index >= 15 is 0 Å². The number of nitrogens with one attached hydrogen (secondary N) is 1. The van der Waals surface area contributed by atoms with Gasteiger partial charge in [-0.1, -0.05) is 0 Å². The molecule has 1 aliphatic heterocycles. The highest BCUT2D eigenvalue weighted by Gasteiger charge is 2.33. The third-order valence-electron chi connectivity index (χ3n) is 4.47. The molecule has 0 bridgehead atoms. The minimum absolute atomic E-state index is 0.0367. The second kappa shape index (κ2) is 7.00. The van der Waals surface area contributed by atoms with Gasteiger partial charge >= 0.3 is 6.18 Å². The predicted molar refractivity (Wildman–Crippen MR) is 104 cm³/mol. The number of aliphatic hydroxyl groups is 1. The number of nitrogens with zero attached hydrogens (tertiary/aromatic N) is 2. The molecule has 2 N–H and O–H groups in total. The Morgan fingerprint density at radius 2 is 1.69 bits per heavy atom. The van der Waals surface area contributed by atoms with Crippen LogP contribution in [0.3, 0.4) is 0 Å². The van der Waals surface area contributed by atoms with Crippen LogP contribution in [0.4, 0.5) is 23.2 Å². The first kappa shape index (κ1) is 19.1. The Morgan fingerprint density at radius 3 is 2.31 bits per heavy atom. The summed E-state index contributed by atoms with van der Waals surface area (Å²) in [7, 11) is 0. The summed E-state index contributed by atoms with van der Waals surface area (Å²) in [6.45, 7) is -0.0367. The standard InChI is InChI=1S/C20H13F4N3OS/c21-13-5-1-11(2-6-13)15-10-29-19(26-15)17-16(28)9-27(18(17)25)14-7-3-12(4-8-14)20(22,23)24/h1-8,10,25,28H,9H2. The maximum absolute atomic E-state index is 13.1. The number of benzene rings is 2. The second-order valence-corrected chi connectivity index (χ2v) is 7.20. The first-order chi connectivity index (χ1) is 13.7. The Labute approximate surface area is 166 Å². The Morgan fingerprint density at radius 1 is 1.03 bits per heavy atom. The van der Waals surface area contributed by atoms with E-state index in [1.54, 1.807) is 17.5 Å². The fourth-order valence-corrected chi connectivity index (χ4v) is 3.89. The fourth-order valence-electron chi connectivity index (χ4n) is 3.00. The Hall–Kier alpha value is -3.20. The summed E-state index contributed by atoms with van der Waals surface area (Å²) in [6, 6.07) is 10.2. The first-order valence-corrected chi connectivity index (χ1v) is 9.29. The number of aromatic nitrogens is 1. The van der Waals surface area contributed by atoms with E-state index in [0.717, 1.165) is 12.1 Å². The zero-order chi connectivity index (χ0) is 20.8. The lowest BCUT2D eigenvalue weighted by atomic mass is 10.1. The molecular weight excluding hydrogens is 406 g/mol. The third kappa shape index (κ3) is 3.61. The van der Waals surface area contributed by atoms with E-state index < -0.39 is 11.7 Å². The van der Waals surface area contributed by atoms with E-state index in [2.05, 4.69) is 4.98 Å². The molecule has 148 valence electrons. The highest BCUT2D eigenvalue weighted by atomic mass is 32.1. The van der Waals surface area contributed by atoms with E-state index in [-0.39, 0.29) is 29.5 Å². The van der Waals surface area contributed by atoms with Gasteiger partial charge in [0.1, 0.15) is 22.4 Å². The van der Waals surface area contributed by atoms with Crippen LogP contribution < -0.4 is 4.90 Å². The predicted octanol–water partition coefficient (Wildman–Crippen LogP) is 5.73. The van der Waals surface area contributed by atoms with Crippen molar-refractivity contribution >= 4 is 28.4 Å². The Bertz CT molecular complexity index is 1100. The molecule has 0 amide bonds. The van der Waals surface area contributed by atoms with Crippen LogP contribution in [0.2, 0.25) is 0 Å². The summed E-state index contributed by atoms with van der Waals surface area (Å²) in [6.07, 6.45) is -4.44. The Kier molecular flexibility index (Phi) is 4.62. The molecular formula is C20H13F4N3OS. The molecule has 0 radical (unpaired) electrons. The molecule has 1 aromatic heterocycles. The number of aliphatic hydroxyl groups excluding tert-OH is 1. The van der Waals surface area contributed by atoms with Gasteiger partial charge in [0.05, 0.1) is 23.4 Å². The van der Waals surface area contributed by atoms with Crippen LogP contribution in [0, 0.1) is 11.2 Å². The zero-order valence-corrected chi connectivity index (χ0v) is 15.5. The number of anilines is 1. The van der Waals surface area contributed by atoms with Gasteiger partial charge in [-0.2, -0.15) is 13.2 Å². The third-order valence-corrected chi connectivity index (χ3v) is 5.33. The molecule has 0 fully saturated rings. The summed E-state index contributed by atoms with van der Waals surface area (Å²) in [5.41, 5.74) is 1.07. The summed E-state index contributed by atoms with van der Waals surface area (Å²) in [5, 5.41) is 20.9. The van der Waals surface area contributed by atoms with Crippen molar-refractivity contribution < 1.29 is 22.7 Å². The lowest BCUT2D eigenvalue weighted by Gasteiger charge is -2.19. The minimum Gasteiger partial charge on any atom is -0.510 e. The van der Waals surface area contributed by atoms with Crippen molar-refractivity contribution in [3.63, 3.8) is 0 Å². The van der Waals surface area contributed by atoms with Crippen molar-refractivity contribution in [2.75, 3.05) is 11.4 Å². The summed E-state index contributed by atoms with van der Waals surface area (Å²) in [4.78, 5) is 5.84. The van der Waals surface area contributed by atoms with Crippen LogP contribution in [0.1, 0.15) is 10.6 Å². The van der Waals surface area contributed by atoms with Crippen molar-refractivity contribution in [2.45, 2.75) is 6.18 Å². The molecule has 0 saturated carbocycles. The topological polar surface area (TPSA) is 60.2 Å². The molecule has 2 heterocycles. The molecule has 0 aliphatic carbocycles. The number of hydrogen-bond acceptors (Lipinski definition) is 4. The largest absolute Gasteiger partial charge is 0.510 e. The molecule has 0 unspecified atom stereocenters. The molecule has 3 aromatic rings. The van der Waals surface area contributed by atoms with E-state index in [4.69, 9.17) is 5.41 Å². The van der Waals surface area contributed by atoms with Crippen LogP contribution >= 0.6 is 11.3 Å². The zero-order valence-electron chi connectivity index (χ0n) is 14.7. The molecule has 0 atom stereocenters. The molecule has 0 saturated heterocycles. The van der Waals surface area contributed by atoms with Crippen molar-refractivity contribution in [3.05, 3.63) is 76.1 Å². The molecule has 4 rings (SSSR count). The van der Waals surface area contributed by atoms with Crippen molar-refractivity contribution in [1.82, 2.24) is 4.98 Å². The van der Waals surface area contributed by atoms with Gasteiger partial charge in [-0.05, 0) is 48.5 Å². The van der Waals surface area contributed by atoms with Gasteiger partial charge in [0, 0.05) is 16.6 Å². The molecule has 9 heteroatoms. The monoisotopic (exact) mass is 419 g/mol. The van der Waals surface area contributed by atoms with Gasteiger partial charge in [-0.3, -0.25) is 5.41 Å². The van der Waals surface area contributed by atoms with E-state index in [1.165, 1.54) is 40.5 Å². The van der Waals surface area contributed by atoms with Crippen molar-refractivity contribution in [3.8, 4) is 11.3 Å². The number of rotatable bonds is 3. The average molecular weight is 419 g/mol. The normalized spacial score (nSPS) is 14.8. The molecule has 29 heavy (non-hydrogen) atoms. The fraction of sp³-hybridized carbons (Fsp3) is 0.100. The maximum Gasteiger partial charge on any atom is 0.416 e. The van der Waals surface area contributed by atoms with Crippen LogP contribution in [-0.2, 0) is 6.18 Å². The quantitative estimate of drug-likeness (QED) is 0.533. The summed E-state index contributed by atoms with van der Waals surface area (Å²) < 4.78 is 51.4. The van der Waals surface area contributed by atoms with E-state index in [0.29, 0.717) is 22.0 Å². The highest BCUT2D eigenvalue weighted by Crippen LogP contribution is 2.36. The number of amidine groups is 1. The van der Waals surface area contributed by atoms with Crippen LogP contribution in [-0.4, -0.2) is 22.5 Å². The van der Waals surface area contributed by atoms with Crippen LogP contribution in [0.5, 0.6) is 0 Å².